The summed E-state index contributed by atoms with van der Waals surface area (Å²) in [4.78, 5) is 0. The number of nitrogens with one attached hydrogen (secondary N) is 1. The molecule has 0 amide bonds. The summed E-state index contributed by atoms with van der Waals surface area (Å²) in [6.07, 6.45) is 5.81. The Labute approximate surface area is 77.1 Å². The van der Waals surface area contributed by atoms with Crippen LogP contribution in [0.15, 0.2) is 0 Å². The van der Waals surface area contributed by atoms with Crippen molar-refractivity contribution in [3.8, 4) is 0 Å². The average molecular weight is 218 g/mol. The molecule has 2 atom stereocenters. The van der Waals surface area contributed by atoms with E-state index >= 15 is 0 Å². The monoisotopic (exact) mass is 217 g/mol. The van der Waals surface area contributed by atoms with Gasteiger partial charge in [-0.3, -0.25) is 0 Å². The third-order valence-electron chi connectivity index (χ3n) is 3.35. The van der Waals surface area contributed by atoms with Gasteiger partial charge in [-0.15, -0.1) is 0 Å². The average Bonchev–Trinajstić information content (AvgIpc) is 2.62. The van der Waals surface area contributed by atoms with Crippen molar-refractivity contribution in [2.24, 2.45) is 11.3 Å². The molecule has 1 spiro atoms. The lowest BCUT2D eigenvalue weighted by molar-refractivity contribution is 0.325. The summed E-state index contributed by atoms with van der Waals surface area (Å²) in [6, 6.07) is 0. The van der Waals surface area contributed by atoms with Gasteiger partial charge in [-0.05, 0) is 43.6 Å². The van der Waals surface area contributed by atoms with Crippen molar-refractivity contribution >= 4 is 15.9 Å². The summed E-state index contributed by atoms with van der Waals surface area (Å²) in [5.41, 5.74) is 0.721. The number of halogens is 1. The van der Waals surface area contributed by atoms with Gasteiger partial charge in [0.25, 0.3) is 0 Å². The predicted molar refractivity (Wildman–Crippen MR) is 51.1 cm³/mol. The molecule has 1 saturated carbocycles. The molecule has 1 aliphatic carbocycles. The zero-order chi connectivity index (χ0) is 7.73. The van der Waals surface area contributed by atoms with Crippen molar-refractivity contribution in [1.82, 2.24) is 5.32 Å². The molecule has 2 rings (SSSR count). The maximum Gasteiger partial charge on any atom is 0.00598 e. The summed E-state index contributed by atoms with van der Waals surface area (Å²) in [5.74, 6) is 0.967. The molecule has 2 heteroatoms. The van der Waals surface area contributed by atoms with Crippen LogP contribution in [0.4, 0.5) is 0 Å². The van der Waals surface area contributed by atoms with Crippen LogP contribution in [0.5, 0.6) is 0 Å². The SMILES string of the molecule is BrCC1CCC2(CCNC2)C1. The molecule has 1 N–H and O–H groups in total. The highest BCUT2D eigenvalue weighted by molar-refractivity contribution is 9.09. The minimum Gasteiger partial charge on any atom is -0.316 e. The van der Waals surface area contributed by atoms with Gasteiger partial charge in [0, 0.05) is 11.9 Å². The molecule has 1 nitrogen and oxygen atoms in total. The van der Waals surface area contributed by atoms with E-state index in [0.29, 0.717) is 0 Å². The summed E-state index contributed by atoms with van der Waals surface area (Å²) in [7, 11) is 0. The standard InChI is InChI=1S/C9H16BrN/c10-6-8-1-2-9(5-8)3-4-11-7-9/h8,11H,1-7H2. The third-order valence-corrected chi connectivity index (χ3v) is 4.27. The van der Waals surface area contributed by atoms with E-state index in [2.05, 4.69) is 21.2 Å². The minimum absolute atomic E-state index is 0.721. The molecular formula is C9H16BrN. The Morgan fingerprint density at radius 2 is 2.36 bits per heavy atom. The number of hydrogen-bond donors (Lipinski definition) is 1. The molecule has 2 fully saturated rings. The molecule has 1 saturated heterocycles. The van der Waals surface area contributed by atoms with E-state index in [1.165, 1.54) is 44.1 Å². The predicted octanol–water partition coefficient (Wildman–Crippen LogP) is 2.16. The number of alkyl halides is 1. The fraction of sp³-hybridized carbons (Fsp3) is 1.00. The van der Waals surface area contributed by atoms with Crippen molar-refractivity contribution in [3.05, 3.63) is 0 Å². The zero-order valence-corrected chi connectivity index (χ0v) is 8.49. The van der Waals surface area contributed by atoms with E-state index < -0.39 is 0 Å². The molecule has 0 aromatic carbocycles. The normalized spacial score (nSPS) is 43.9. The smallest absolute Gasteiger partial charge is 0.00598 e. The molecule has 0 bridgehead atoms. The molecule has 2 aliphatic rings. The second kappa shape index (κ2) is 3.06. The van der Waals surface area contributed by atoms with Crippen LogP contribution in [0.1, 0.15) is 25.7 Å². The first-order valence-electron chi connectivity index (χ1n) is 4.61. The lowest BCUT2D eigenvalue weighted by Gasteiger charge is -2.21. The molecule has 2 unspecified atom stereocenters. The van der Waals surface area contributed by atoms with Crippen molar-refractivity contribution < 1.29 is 0 Å². The van der Waals surface area contributed by atoms with Crippen LogP contribution >= 0.6 is 15.9 Å². The Kier molecular flexibility index (Phi) is 2.24. The fourth-order valence-corrected chi connectivity index (χ4v) is 3.19. The van der Waals surface area contributed by atoms with E-state index in [0.717, 1.165) is 11.3 Å². The summed E-state index contributed by atoms with van der Waals surface area (Å²) < 4.78 is 0. The molecule has 11 heavy (non-hydrogen) atoms. The van der Waals surface area contributed by atoms with Gasteiger partial charge in [0.05, 0.1) is 0 Å². The highest BCUT2D eigenvalue weighted by atomic mass is 79.9. The molecule has 0 aromatic heterocycles. The highest BCUT2D eigenvalue weighted by Gasteiger charge is 2.40. The summed E-state index contributed by atoms with van der Waals surface area (Å²) in [5, 5.41) is 4.70. The van der Waals surface area contributed by atoms with E-state index in [4.69, 9.17) is 0 Å². The van der Waals surface area contributed by atoms with Crippen LogP contribution in [0, 0.1) is 11.3 Å². The summed E-state index contributed by atoms with van der Waals surface area (Å²) in [6.45, 7) is 2.55. The van der Waals surface area contributed by atoms with Crippen LogP contribution in [0.25, 0.3) is 0 Å². The zero-order valence-electron chi connectivity index (χ0n) is 6.91. The Bertz CT molecular complexity index is 140. The quantitative estimate of drug-likeness (QED) is 0.665. The van der Waals surface area contributed by atoms with Crippen molar-refractivity contribution in [2.45, 2.75) is 25.7 Å². The largest absolute Gasteiger partial charge is 0.316 e. The van der Waals surface area contributed by atoms with Crippen LogP contribution in [-0.4, -0.2) is 18.4 Å². The second-order valence-corrected chi connectivity index (χ2v) is 4.84. The van der Waals surface area contributed by atoms with Crippen molar-refractivity contribution in [1.29, 1.82) is 0 Å². The topological polar surface area (TPSA) is 12.0 Å². The highest BCUT2D eigenvalue weighted by Crippen LogP contribution is 2.46. The van der Waals surface area contributed by atoms with Crippen LogP contribution in [0.2, 0.25) is 0 Å². The van der Waals surface area contributed by atoms with Crippen LogP contribution in [-0.2, 0) is 0 Å². The molecular weight excluding hydrogens is 202 g/mol. The van der Waals surface area contributed by atoms with Gasteiger partial charge in [0.2, 0.25) is 0 Å². The van der Waals surface area contributed by atoms with E-state index in [9.17, 15) is 0 Å². The fourth-order valence-electron chi connectivity index (χ4n) is 2.64. The first kappa shape index (κ1) is 8.06. The van der Waals surface area contributed by atoms with Gasteiger partial charge in [-0.25, -0.2) is 0 Å². The van der Waals surface area contributed by atoms with E-state index in [-0.39, 0.29) is 0 Å². The Balaban J connectivity index is 1.96. The molecule has 1 aliphatic heterocycles. The molecule has 0 aromatic rings. The first-order chi connectivity index (χ1) is 5.35. The summed E-state index contributed by atoms with van der Waals surface area (Å²) >= 11 is 3.59. The lowest BCUT2D eigenvalue weighted by Crippen LogP contribution is -2.20. The minimum atomic E-state index is 0.721. The van der Waals surface area contributed by atoms with Gasteiger partial charge in [-0.1, -0.05) is 15.9 Å². The van der Waals surface area contributed by atoms with Crippen LogP contribution in [0.3, 0.4) is 0 Å². The Morgan fingerprint density at radius 3 is 2.91 bits per heavy atom. The lowest BCUT2D eigenvalue weighted by atomic mass is 9.85. The molecule has 64 valence electrons. The van der Waals surface area contributed by atoms with Gasteiger partial charge in [0.1, 0.15) is 0 Å². The molecule has 0 radical (unpaired) electrons. The Hall–Kier alpha value is 0.440. The van der Waals surface area contributed by atoms with E-state index in [1.54, 1.807) is 0 Å². The maximum absolute atomic E-state index is 3.59. The molecule has 1 heterocycles. The third kappa shape index (κ3) is 1.48. The number of rotatable bonds is 1. The second-order valence-electron chi connectivity index (χ2n) is 4.19. The van der Waals surface area contributed by atoms with Crippen LogP contribution < -0.4 is 5.32 Å². The Morgan fingerprint density at radius 1 is 1.45 bits per heavy atom. The first-order valence-corrected chi connectivity index (χ1v) is 5.73. The van der Waals surface area contributed by atoms with Gasteiger partial charge < -0.3 is 5.32 Å². The van der Waals surface area contributed by atoms with Gasteiger partial charge in [-0.2, -0.15) is 0 Å². The van der Waals surface area contributed by atoms with Gasteiger partial charge >= 0.3 is 0 Å². The van der Waals surface area contributed by atoms with E-state index in [1.807, 2.05) is 0 Å². The van der Waals surface area contributed by atoms with Crippen molar-refractivity contribution in [3.63, 3.8) is 0 Å². The maximum atomic E-state index is 3.59. The van der Waals surface area contributed by atoms with Crippen molar-refractivity contribution in [2.75, 3.05) is 18.4 Å². The number of hydrogen-bond acceptors (Lipinski definition) is 1. The van der Waals surface area contributed by atoms with Gasteiger partial charge in [0.15, 0.2) is 0 Å².